The lowest BCUT2D eigenvalue weighted by atomic mass is 10.2. The van der Waals surface area contributed by atoms with Crippen LogP contribution in [0.4, 0.5) is 5.69 Å². The number of nitrogens with one attached hydrogen (secondary N) is 2. The van der Waals surface area contributed by atoms with Crippen molar-refractivity contribution in [2.75, 3.05) is 26.0 Å². The van der Waals surface area contributed by atoms with Crippen LogP contribution in [0.1, 0.15) is 12.8 Å². The van der Waals surface area contributed by atoms with Gasteiger partial charge in [-0.15, -0.1) is 0 Å². The van der Waals surface area contributed by atoms with Crippen LogP contribution in [-0.4, -0.2) is 26.6 Å². The van der Waals surface area contributed by atoms with Gasteiger partial charge in [0.05, 0.1) is 7.11 Å². The third kappa shape index (κ3) is 4.21. The molecule has 0 aromatic heterocycles. The number of hydrogen-bond acceptors (Lipinski definition) is 3. The molecule has 88 valence electrons. The van der Waals surface area contributed by atoms with Crippen LogP contribution in [0.15, 0.2) is 24.3 Å². The first-order valence-electron chi connectivity index (χ1n) is 5.34. The average Bonchev–Trinajstić information content (AvgIpc) is 2.34. The molecule has 0 bridgehead atoms. The zero-order chi connectivity index (χ0) is 11.8. The molecule has 1 amide bonds. The molecule has 0 saturated carbocycles. The molecule has 1 rings (SSSR count). The van der Waals surface area contributed by atoms with E-state index >= 15 is 0 Å². The van der Waals surface area contributed by atoms with Gasteiger partial charge in [-0.05, 0) is 18.6 Å². The van der Waals surface area contributed by atoms with Crippen molar-refractivity contribution >= 4 is 11.6 Å². The molecule has 0 fully saturated rings. The van der Waals surface area contributed by atoms with Gasteiger partial charge < -0.3 is 15.4 Å². The molecule has 0 spiro atoms. The molecule has 1 aromatic carbocycles. The number of methoxy groups -OCH3 is 1. The van der Waals surface area contributed by atoms with Crippen molar-refractivity contribution in [3.63, 3.8) is 0 Å². The van der Waals surface area contributed by atoms with E-state index in [0.29, 0.717) is 6.42 Å². The van der Waals surface area contributed by atoms with Gasteiger partial charge in [-0.1, -0.05) is 6.07 Å². The zero-order valence-corrected chi connectivity index (χ0v) is 9.75. The summed E-state index contributed by atoms with van der Waals surface area (Å²) in [5.41, 5.74) is 1.01. The summed E-state index contributed by atoms with van der Waals surface area (Å²) in [6, 6.07) is 7.73. The highest BCUT2D eigenvalue weighted by atomic mass is 16.5. The van der Waals surface area contributed by atoms with Crippen LogP contribution in [0.25, 0.3) is 0 Å². The predicted octanol–water partition coefficient (Wildman–Crippen LogP) is 1.63. The zero-order valence-electron chi connectivity index (χ0n) is 9.75. The maximum atomic E-state index is 11.0. The van der Waals surface area contributed by atoms with Crippen molar-refractivity contribution in [3.8, 4) is 5.75 Å². The number of ether oxygens (including phenoxy) is 1. The van der Waals surface area contributed by atoms with Crippen LogP contribution in [0.5, 0.6) is 5.75 Å². The number of amides is 1. The van der Waals surface area contributed by atoms with Gasteiger partial charge in [0.1, 0.15) is 5.75 Å². The summed E-state index contributed by atoms with van der Waals surface area (Å²) in [5, 5.41) is 5.83. The highest BCUT2D eigenvalue weighted by molar-refractivity contribution is 5.75. The highest BCUT2D eigenvalue weighted by Gasteiger charge is 1.98. The Balaban J connectivity index is 2.28. The Bertz CT molecular complexity index is 340. The lowest BCUT2D eigenvalue weighted by Crippen LogP contribution is -2.18. The quantitative estimate of drug-likeness (QED) is 0.719. The average molecular weight is 222 g/mol. The summed E-state index contributed by atoms with van der Waals surface area (Å²) < 4.78 is 5.11. The van der Waals surface area contributed by atoms with Crippen molar-refractivity contribution in [3.05, 3.63) is 24.3 Å². The van der Waals surface area contributed by atoms with Gasteiger partial charge in [-0.2, -0.15) is 0 Å². The van der Waals surface area contributed by atoms with Crippen LogP contribution >= 0.6 is 0 Å². The summed E-state index contributed by atoms with van der Waals surface area (Å²) in [6.45, 7) is 0.778. The second kappa shape index (κ2) is 6.71. The molecular weight excluding hydrogens is 204 g/mol. The highest BCUT2D eigenvalue weighted by Crippen LogP contribution is 2.16. The van der Waals surface area contributed by atoms with E-state index in [1.54, 1.807) is 14.2 Å². The van der Waals surface area contributed by atoms with Gasteiger partial charge in [0.15, 0.2) is 0 Å². The Hall–Kier alpha value is -1.71. The third-order valence-corrected chi connectivity index (χ3v) is 2.26. The molecule has 0 radical (unpaired) electrons. The summed E-state index contributed by atoms with van der Waals surface area (Å²) in [6.07, 6.45) is 1.37. The SMILES string of the molecule is CNC(=O)CCCNc1cccc(OC)c1. The van der Waals surface area contributed by atoms with E-state index in [2.05, 4.69) is 10.6 Å². The van der Waals surface area contributed by atoms with Gasteiger partial charge >= 0.3 is 0 Å². The first-order valence-corrected chi connectivity index (χ1v) is 5.34. The number of carbonyl (C=O) groups is 1. The fourth-order valence-corrected chi connectivity index (χ4v) is 1.34. The molecule has 0 unspecified atom stereocenters. The minimum Gasteiger partial charge on any atom is -0.497 e. The first kappa shape index (κ1) is 12.4. The Morgan fingerprint density at radius 1 is 1.44 bits per heavy atom. The van der Waals surface area contributed by atoms with E-state index in [1.807, 2.05) is 24.3 Å². The van der Waals surface area contributed by atoms with E-state index < -0.39 is 0 Å². The first-order chi connectivity index (χ1) is 7.76. The minimum absolute atomic E-state index is 0.0763. The summed E-state index contributed by atoms with van der Waals surface area (Å²) in [4.78, 5) is 11.0. The van der Waals surface area contributed by atoms with Crippen LogP contribution < -0.4 is 15.4 Å². The van der Waals surface area contributed by atoms with Gasteiger partial charge in [-0.25, -0.2) is 0 Å². The normalized spacial score (nSPS) is 9.62. The van der Waals surface area contributed by atoms with Crippen molar-refractivity contribution in [2.45, 2.75) is 12.8 Å². The summed E-state index contributed by atoms with van der Waals surface area (Å²) in [5.74, 6) is 0.906. The fourth-order valence-electron chi connectivity index (χ4n) is 1.34. The van der Waals surface area contributed by atoms with E-state index in [1.165, 1.54) is 0 Å². The minimum atomic E-state index is 0.0763. The summed E-state index contributed by atoms with van der Waals surface area (Å²) >= 11 is 0. The number of hydrogen-bond donors (Lipinski definition) is 2. The van der Waals surface area contributed by atoms with Gasteiger partial charge in [0.25, 0.3) is 0 Å². The van der Waals surface area contributed by atoms with Gasteiger partial charge in [0, 0.05) is 31.8 Å². The maximum Gasteiger partial charge on any atom is 0.219 e. The molecule has 4 heteroatoms. The van der Waals surface area contributed by atoms with Gasteiger partial charge in [0.2, 0.25) is 5.91 Å². The molecular formula is C12H18N2O2. The Morgan fingerprint density at radius 2 is 2.25 bits per heavy atom. The Labute approximate surface area is 96.0 Å². The molecule has 16 heavy (non-hydrogen) atoms. The lowest BCUT2D eigenvalue weighted by Gasteiger charge is -2.07. The lowest BCUT2D eigenvalue weighted by molar-refractivity contribution is -0.120. The van der Waals surface area contributed by atoms with Crippen molar-refractivity contribution in [2.24, 2.45) is 0 Å². The topological polar surface area (TPSA) is 50.4 Å². The number of benzene rings is 1. The van der Waals surface area contributed by atoms with E-state index in [9.17, 15) is 4.79 Å². The van der Waals surface area contributed by atoms with E-state index in [-0.39, 0.29) is 5.91 Å². The molecule has 0 atom stereocenters. The van der Waals surface area contributed by atoms with Crippen LogP contribution in [0, 0.1) is 0 Å². The fraction of sp³-hybridized carbons (Fsp3) is 0.417. The number of anilines is 1. The summed E-state index contributed by atoms with van der Waals surface area (Å²) in [7, 11) is 3.29. The Kier molecular flexibility index (Phi) is 5.19. The predicted molar refractivity (Wildman–Crippen MR) is 64.8 cm³/mol. The molecule has 0 heterocycles. The maximum absolute atomic E-state index is 11.0. The number of rotatable bonds is 6. The van der Waals surface area contributed by atoms with Crippen LogP contribution in [0.2, 0.25) is 0 Å². The second-order valence-electron chi connectivity index (χ2n) is 3.44. The smallest absolute Gasteiger partial charge is 0.219 e. The van der Waals surface area contributed by atoms with Crippen molar-refractivity contribution < 1.29 is 9.53 Å². The van der Waals surface area contributed by atoms with Crippen LogP contribution in [-0.2, 0) is 4.79 Å². The van der Waals surface area contributed by atoms with E-state index in [0.717, 1.165) is 24.4 Å². The molecule has 0 aliphatic heterocycles. The largest absolute Gasteiger partial charge is 0.497 e. The van der Waals surface area contributed by atoms with Crippen LogP contribution in [0.3, 0.4) is 0 Å². The molecule has 2 N–H and O–H groups in total. The van der Waals surface area contributed by atoms with Gasteiger partial charge in [-0.3, -0.25) is 4.79 Å². The molecule has 4 nitrogen and oxygen atoms in total. The van der Waals surface area contributed by atoms with E-state index in [4.69, 9.17) is 4.74 Å². The molecule has 1 aromatic rings. The third-order valence-electron chi connectivity index (χ3n) is 2.26. The van der Waals surface area contributed by atoms with Crippen molar-refractivity contribution in [1.82, 2.24) is 5.32 Å². The molecule has 0 aliphatic rings. The molecule has 0 saturated heterocycles. The second-order valence-corrected chi connectivity index (χ2v) is 3.44. The number of carbonyl (C=O) groups excluding carboxylic acids is 1. The standard InChI is InChI=1S/C12H18N2O2/c1-13-12(15)7-4-8-14-10-5-3-6-11(9-10)16-2/h3,5-6,9,14H,4,7-8H2,1-2H3,(H,13,15). The van der Waals surface area contributed by atoms with Crippen molar-refractivity contribution in [1.29, 1.82) is 0 Å². The molecule has 0 aliphatic carbocycles. The monoisotopic (exact) mass is 222 g/mol. The Morgan fingerprint density at radius 3 is 2.94 bits per heavy atom.